The molecule has 0 spiro atoms. The second-order valence-electron chi connectivity index (χ2n) is 2.26. The van der Waals surface area contributed by atoms with E-state index in [1.54, 1.807) is 0 Å². The number of allylic oxidation sites excluding steroid dienone is 4. The molecule has 1 heteroatoms. The Labute approximate surface area is 95.4 Å². The molecule has 0 aliphatic heterocycles. The summed E-state index contributed by atoms with van der Waals surface area (Å²) in [5.41, 5.74) is 1.19. The summed E-state index contributed by atoms with van der Waals surface area (Å²) in [6.45, 7) is 16.2. The van der Waals surface area contributed by atoms with E-state index in [4.69, 9.17) is 11.6 Å². The van der Waals surface area contributed by atoms with Gasteiger partial charge in [0.1, 0.15) is 0 Å². The number of rotatable bonds is 3. The molecule has 0 rings (SSSR count). The zero-order valence-electron chi connectivity index (χ0n) is 10.4. The Balaban J connectivity index is -0.000000266. The number of halogens is 1. The molecule has 0 amide bonds. The van der Waals surface area contributed by atoms with Gasteiger partial charge in [-0.25, -0.2) is 0 Å². The first kappa shape index (κ1) is 19.1. The molecule has 0 N–H and O–H groups in total. The van der Waals surface area contributed by atoms with Gasteiger partial charge in [-0.05, 0) is 25.3 Å². The van der Waals surface area contributed by atoms with Crippen LogP contribution in [0.4, 0.5) is 0 Å². The SMILES string of the molecule is C=C.CC.CC/C=C(C)\C(Cl)=C/CC. The van der Waals surface area contributed by atoms with Crippen LogP contribution < -0.4 is 0 Å². The highest BCUT2D eigenvalue weighted by atomic mass is 35.5. The summed E-state index contributed by atoms with van der Waals surface area (Å²) in [6, 6.07) is 0. The van der Waals surface area contributed by atoms with Gasteiger partial charge in [-0.15, -0.1) is 13.2 Å². The van der Waals surface area contributed by atoms with Gasteiger partial charge in [-0.3, -0.25) is 0 Å². The lowest BCUT2D eigenvalue weighted by molar-refractivity contribution is 1.17. The fourth-order valence-electron chi connectivity index (χ4n) is 0.744. The lowest BCUT2D eigenvalue weighted by atomic mass is 10.2. The van der Waals surface area contributed by atoms with Crippen LogP contribution in [0.2, 0.25) is 0 Å². The van der Waals surface area contributed by atoms with Gasteiger partial charge in [0.15, 0.2) is 0 Å². The molecule has 0 fully saturated rings. The van der Waals surface area contributed by atoms with Gasteiger partial charge in [0.2, 0.25) is 0 Å². The lowest BCUT2D eigenvalue weighted by Gasteiger charge is -1.96. The van der Waals surface area contributed by atoms with Crippen LogP contribution in [0.1, 0.15) is 47.5 Å². The van der Waals surface area contributed by atoms with Crippen LogP contribution in [0.5, 0.6) is 0 Å². The highest BCUT2D eigenvalue weighted by Crippen LogP contribution is 2.14. The third kappa shape index (κ3) is 14.1. The molecule has 0 aromatic heterocycles. The average Bonchev–Trinajstić information content (AvgIpc) is 2.24. The summed E-state index contributed by atoms with van der Waals surface area (Å²) in [6.07, 6.45) is 6.23. The lowest BCUT2D eigenvalue weighted by Crippen LogP contribution is -1.74. The molecule has 0 saturated heterocycles. The maximum Gasteiger partial charge on any atom is 0.0392 e. The summed E-state index contributed by atoms with van der Waals surface area (Å²) in [4.78, 5) is 0. The molecule has 0 aromatic carbocycles. The third-order valence-corrected chi connectivity index (χ3v) is 1.72. The number of hydrogen-bond donors (Lipinski definition) is 0. The van der Waals surface area contributed by atoms with Crippen LogP contribution >= 0.6 is 11.6 Å². The van der Waals surface area contributed by atoms with Crippen LogP contribution in [0.15, 0.2) is 35.9 Å². The first-order valence-electron chi connectivity index (χ1n) is 5.25. The summed E-state index contributed by atoms with van der Waals surface area (Å²) in [5.74, 6) is 0. The van der Waals surface area contributed by atoms with E-state index < -0.39 is 0 Å². The van der Waals surface area contributed by atoms with E-state index >= 15 is 0 Å². The molecule has 0 aliphatic carbocycles. The maximum atomic E-state index is 5.90. The minimum absolute atomic E-state index is 0.893. The van der Waals surface area contributed by atoms with E-state index in [9.17, 15) is 0 Å². The molecule has 14 heavy (non-hydrogen) atoms. The monoisotopic (exact) mass is 216 g/mol. The Morgan fingerprint density at radius 2 is 1.43 bits per heavy atom. The van der Waals surface area contributed by atoms with Crippen LogP contribution in [-0.2, 0) is 0 Å². The van der Waals surface area contributed by atoms with Crippen LogP contribution in [-0.4, -0.2) is 0 Å². The van der Waals surface area contributed by atoms with Crippen molar-refractivity contribution < 1.29 is 0 Å². The Kier molecular flexibility index (Phi) is 25.1. The Bertz CT molecular complexity index is 137. The molecular formula is C13H25Cl. The van der Waals surface area contributed by atoms with Crippen molar-refractivity contribution in [3.05, 3.63) is 35.9 Å². The number of hydrogen-bond acceptors (Lipinski definition) is 0. The van der Waals surface area contributed by atoms with E-state index in [1.165, 1.54) is 5.57 Å². The molecular weight excluding hydrogens is 192 g/mol. The standard InChI is InChI=1S/C9H15Cl.C2H6.C2H4/c1-4-6-8(3)9(10)7-5-2;2*1-2/h6-7H,4-5H2,1-3H3;1-2H3;1-2H2/b8-6-,9-7+;;. The topological polar surface area (TPSA) is 0 Å². The van der Waals surface area contributed by atoms with Gasteiger partial charge < -0.3 is 0 Å². The van der Waals surface area contributed by atoms with E-state index in [0.29, 0.717) is 0 Å². The predicted molar refractivity (Wildman–Crippen MR) is 70.9 cm³/mol. The molecule has 0 nitrogen and oxygen atoms in total. The largest absolute Gasteiger partial charge is 0.106 e. The zero-order valence-corrected chi connectivity index (χ0v) is 11.1. The summed E-state index contributed by atoms with van der Waals surface area (Å²) >= 11 is 5.90. The van der Waals surface area contributed by atoms with Gasteiger partial charge >= 0.3 is 0 Å². The van der Waals surface area contributed by atoms with Gasteiger partial charge in [-0.1, -0.05) is 51.4 Å². The molecule has 0 heterocycles. The van der Waals surface area contributed by atoms with Crippen molar-refractivity contribution in [2.75, 3.05) is 0 Å². The van der Waals surface area contributed by atoms with Crippen molar-refractivity contribution in [2.45, 2.75) is 47.5 Å². The fourth-order valence-corrected chi connectivity index (χ4v) is 0.975. The summed E-state index contributed by atoms with van der Waals surface area (Å²) < 4.78 is 0. The minimum atomic E-state index is 0.893. The van der Waals surface area contributed by atoms with Crippen molar-refractivity contribution >= 4 is 11.6 Å². The third-order valence-electron chi connectivity index (χ3n) is 1.27. The second kappa shape index (κ2) is 18.3. The normalized spacial score (nSPS) is 10.7. The van der Waals surface area contributed by atoms with Crippen LogP contribution in [0.3, 0.4) is 0 Å². The molecule has 0 aromatic rings. The van der Waals surface area contributed by atoms with Crippen molar-refractivity contribution in [1.82, 2.24) is 0 Å². The highest BCUT2D eigenvalue weighted by Gasteiger charge is 1.91. The van der Waals surface area contributed by atoms with Crippen LogP contribution in [0, 0.1) is 0 Å². The van der Waals surface area contributed by atoms with Gasteiger partial charge in [-0.2, -0.15) is 0 Å². The molecule has 0 bridgehead atoms. The van der Waals surface area contributed by atoms with Crippen molar-refractivity contribution in [3.8, 4) is 0 Å². The van der Waals surface area contributed by atoms with Gasteiger partial charge in [0.25, 0.3) is 0 Å². The van der Waals surface area contributed by atoms with Gasteiger partial charge in [0, 0.05) is 5.03 Å². The first-order chi connectivity index (χ1) is 6.72. The van der Waals surface area contributed by atoms with Gasteiger partial charge in [0.05, 0.1) is 0 Å². The Morgan fingerprint density at radius 3 is 1.71 bits per heavy atom. The van der Waals surface area contributed by atoms with Crippen molar-refractivity contribution in [3.63, 3.8) is 0 Å². The molecule has 0 saturated carbocycles. The maximum absolute atomic E-state index is 5.90. The molecule has 0 aliphatic rings. The molecule has 0 atom stereocenters. The molecule has 0 unspecified atom stereocenters. The van der Waals surface area contributed by atoms with E-state index in [0.717, 1.165) is 17.9 Å². The van der Waals surface area contributed by atoms with E-state index in [1.807, 2.05) is 26.8 Å². The highest BCUT2D eigenvalue weighted by molar-refractivity contribution is 6.31. The summed E-state index contributed by atoms with van der Waals surface area (Å²) in [5, 5.41) is 0.893. The smallest absolute Gasteiger partial charge is 0.0392 e. The predicted octanol–water partition coefficient (Wildman–Crippen LogP) is 5.70. The van der Waals surface area contributed by atoms with E-state index in [2.05, 4.69) is 33.1 Å². The van der Waals surface area contributed by atoms with Crippen molar-refractivity contribution in [2.24, 2.45) is 0 Å². The molecule has 0 radical (unpaired) electrons. The Morgan fingerprint density at radius 1 is 1.07 bits per heavy atom. The average molecular weight is 217 g/mol. The summed E-state index contributed by atoms with van der Waals surface area (Å²) in [7, 11) is 0. The van der Waals surface area contributed by atoms with E-state index in [-0.39, 0.29) is 0 Å². The zero-order chi connectivity index (χ0) is 12.0. The Hall–Kier alpha value is -0.490. The minimum Gasteiger partial charge on any atom is -0.106 e. The quantitative estimate of drug-likeness (QED) is 0.419. The first-order valence-corrected chi connectivity index (χ1v) is 5.63. The fraction of sp³-hybridized carbons (Fsp3) is 0.538. The van der Waals surface area contributed by atoms with Crippen molar-refractivity contribution in [1.29, 1.82) is 0 Å². The second-order valence-corrected chi connectivity index (χ2v) is 2.66. The molecule has 84 valence electrons. The van der Waals surface area contributed by atoms with Crippen LogP contribution in [0.25, 0.3) is 0 Å².